The molecule has 0 aromatic heterocycles. The van der Waals surface area contributed by atoms with Crippen molar-refractivity contribution in [1.29, 1.82) is 0 Å². The summed E-state index contributed by atoms with van der Waals surface area (Å²) in [7, 11) is 0. The van der Waals surface area contributed by atoms with Gasteiger partial charge in [-0.15, -0.1) is 0 Å². The Morgan fingerprint density at radius 1 is 1.10 bits per heavy atom. The number of hydrogen-bond acceptors (Lipinski definition) is 2. The molecule has 0 N–H and O–H groups in total. The zero-order valence-electron chi connectivity index (χ0n) is 10.4. The number of allylic oxidation sites excluding steroid dienone is 1. The summed E-state index contributed by atoms with van der Waals surface area (Å²) in [6.07, 6.45) is 2.51. The molecule has 20 heavy (non-hydrogen) atoms. The molecule has 2 aliphatic rings. The van der Waals surface area contributed by atoms with Crippen LogP contribution in [0.2, 0.25) is 0 Å². The molecule has 0 spiro atoms. The molecule has 0 aliphatic heterocycles. The van der Waals surface area contributed by atoms with Crippen molar-refractivity contribution in [2.45, 2.75) is 25.4 Å². The molecule has 0 radical (unpaired) electrons. The molecule has 106 valence electrons. The van der Waals surface area contributed by atoms with Gasteiger partial charge in [0.25, 0.3) is 0 Å². The summed E-state index contributed by atoms with van der Waals surface area (Å²) >= 11 is 0. The van der Waals surface area contributed by atoms with Crippen LogP contribution in [0.3, 0.4) is 0 Å². The second kappa shape index (κ2) is 4.33. The van der Waals surface area contributed by atoms with Gasteiger partial charge in [-0.2, -0.15) is 0 Å². The number of carbonyl (C=O) groups is 1. The van der Waals surface area contributed by atoms with Crippen molar-refractivity contribution >= 4 is 5.97 Å². The van der Waals surface area contributed by atoms with Gasteiger partial charge in [0.1, 0.15) is 6.10 Å². The van der Waals surface area contributed by atoms with Crippen molar-refractivity contribution < 1.29 is 27.1 Å². The third-order valence-corrected chi connectivity index (χ3v) is 3.84. The van der Waals surface area contributed by atoms with E-state index in [1.165, 1.54) is 6.92 Å². The van der Waals surface area contributed by atoms with E-state index in [1.807, 2.05) is 0 Å². The molecule has 2 aliphatic carbocycles. The molecule has 3 unspecified atom stereocenters. The minimum atomic E-state index is -1.82. The number of carbonyl (C=O) groups excluding carboxylic acids is 1. The van der Waals surface area contributed by atoms with Crippen molar-refractivity contribution in [2.75, 3.05) is 0 Å². The van der Waals surface area contributed by atoms with Crippen LogP contribution >= 0.6 is 0 Å². The Kier molecular flexibility index (Phi) is 2.84. The maximum Gasteiger partial charge on any atom is 0.303 e. The Morgan fingerprint density at radius 2 is 1.75 bits per heavy atom. The average Bonchev–Trinajstić information content (AvgIpc) is 2.93. The van der Waals surface area contributed by atoms with Crippen molar-refractivity contribution in [1.82, 2.24) is 0 Å². The average molecular weight is 286 g/mol. The monoisotopic (exact) mass is 286 g/mol. The summed E-state index contributed by atoms with van der Waals surface area (Å²) in [4.78, 5) is 11.0. The highest BCUT2D eigenvalue weighted by Gasteiger charge is 2.46. The Hall–Kier alpha value is -1.85. The first-order chi connectivity index (χ1) is 9.41. The van der Waals surface area contributed by atoms with Gasteiger partial charge in [0.15, 0.2) is 23.3 Å². The first-order valence-corrected chi connectivity index (χ1v) is 6.12. The maximum atomic E-state index is 13.9. The lowest BCUT2D eigenvalue weighted by Crippen LogP contribution is -2.22. The SMILES string of the molecule is CC(=O)OC1C=CC2Cc3c(F)c(F)c(F)c(F)c3C21. The van der Waals surface area contributed by atoms with E-state index in [9.17, 15) is 22.4 Å². The summed E-state index contributed by atoms with van der Waals surface area (Å²) in [5.41, 5.74) is -0.388. The predicted octanol–water partition coefficient (Wildman–Crippen LogP) is 3.00. The van der Waals surface area contributed by atoms with Crippen LogP contribution in [-0.4, -0.2) is 12.1 Å². The summed E-state index contributed by atoms with van der Waals surface area (Å²) in [6, 6.07) is 0. The largest absolute Gasteiger partial charge is 0.458 e. The Bertz CT molecular complexity index is 639. The molecular weight excluding hydrogens is 276 g/mol. The van der Waals surface area contributed by atoms with Gasteiger partial charge in [0, 0.05) is 18.4 Å². The zero-order valence-corrected chi connectivity index (χ0v) is 10.4. The van der Waals surface area contributed by atoms with Crippen LogP contribution in [0.1, 0.15) is 24.0 Å². The third kappa shape index (κ3) is 1.67. The highest BCUT2D eigenvalue weighted by Crippen LogP contribution is 2.48. The van der Waals surface area contributed by atoms with Crippen LogP contribution in [0.15, 0.2) is 12.2 Å². The lowest BCUT2D eigenvalue weighted by molar-refractivity contribution is -0.144. The Morgan fingerprint density at radius 3 is 2.40 bits per heavy atom. The van der Waals surface area contributed by atoms with E-state index in [4.69, 9.17) is 4.74 Å². The maximum absolute atomic E-state index is 13.9. The highest BCUT2D eigenvalue weighted by atomic mass is 19.2. The second-order valence-electron chi connectivity index (χ2n) is 5.00. The molecule has 1 aromatic rings. The molecule has 0 saturated heterocycles. The smallest absolute Gasteiger partial charge is 0.303 e. The highest BCUT2D eigenvalue weighted by molar-refractivity contribution is 5.66. The number of rotatable bonds is 1. The minimum Gasteiger partial charge on any atom is -0.458 e. The van der Waals surface area contributed by atoms with Crippen LogP contribution in [0.5, 0.6) is 0 Å². The molecule has 2 nitrogen and oxygen atoms in total. The summed E-state index contributed by atoms with van der Waals surface area (Å²) in [5, 5.41) is 0. The fraction of sp³-hybridized carbons (Fsp3) is 0.357. The van der Waals surface area contributed by atoms with Crippen molar-refractivity contribution in [3.8, 4) is 0 Å². The van der Waals surface area contributed by atoms with Gasteiger partial charge < -0.3 is 4.74 Å². The standard InChI is InChI=1S/C14H10F4O2/c1-5(19)20-8-3-2-6-4-7-10(9(6)8)12(16)14(18)13(17)11(7)15/h2-3,6,8-9H,4H2,1H3. The molecular formula is C14H10F4O2. The molecule has 0 fully saturated rings. The Balaban J connectivity index is 2.12. The first kappa shape index (κ1) is 13.1. The molecule has 3 rings (SSSR count). The molecule has 3 atom stereocenters. The van der Waals surface area contributed by atoms with E-state index in [0.29, 0.717) is 0 Å². The van der Waals surface area contributed by atoms with E-state index >= 15 is 0 Å². The van der Waals surface area contributed by atoms with Gasteiger partial charge in [-0.3, -0.25) is 4.79 Å². The second-order valence-corrected chi connectivity index (χ2v) is 5.00. The zero-order chi connectivity index (χ0) is 14.6. The van der Waals surface area contributed by atoms with Gasteiger partial charge in [-0.1, -0.05) is 6.08 Å². The first-order valence-electron chi connectivity index (χ1n) is 6.12. The molecule has 1 aromatic carbocycles. The van der Waals surface area contributed by atoms with Crippen molar-refractivity contribution in [2.24, 2.45) is 5.92 Å². The van der Waals surface area contributed by atoms with E-state index in [1.54, 1.807) is 12.2 Å². The minimum absolute atomic E-state index is 0.0637. The van der Waals surface area contributed by atoms with Crippen LogP contribution in [-0.2, 0) is 16.0 Å². The van der Waals surface area contributed by atoms with Crippen molar-refractivity contribution in [3.05, 3.63) is 46.5 Å². The van der Waals surface area contributed by atoms with Gasteiger partial charge in [0.05, 0.1) is 0 Å². The third-order valence-electron chi connectivity index (χ3n) is 3.84. The van der Waals surface area contributed by atoms with Crippen LogP contribution < -0.4 is 0 Å². The van der Waals surface area contributed by atoms with Gasteiger partial charge >= 0.3 is 5.97 Å². The normalized spacial score (nSPS) is 26.6. The molecule has 0 heterocycles. The van der Waals surface area contributed by atoms with Gasteiger partial charge in [0.2, 0.25) is 0 Å². The summed E-state index contributed by atoms with van der Waals surface area (Å²) in [5.74, 6) is -7.96. The number of benzene rings is 1. The summed E-state index contributed by atoms with van der Waals surface area (Å²) < 4.78 is 59.3. The molecule has 0 bridgehead atoms. The van der Waals surface area contributed by atoms with E-state index < -0.39 is 41.3 Å². The lowest BCUT2D eigenvalue weighted by atomic mass is 9.93. The molecule has 6 heteroatoms. The summed E-state index contributed by atoms with van der Waals surface area (Å²) in [6.45, 7) is 1.19. The topological polar surface area (TPSA) is 26.3 Å². The van der Waals surface area contributed by atoms with Gasteiger partial charge in [-0.25, -0.2) is 17.6 Å². The lowest BCUT2D eigenvalue weighted by Gasteiger charge is -2.20. The number of ether oxygens (including phenoxy) is 1. The number of halogens is 4. The van der Waals surface area contributed by atoms with Crippen LogP contribution in [0.25, 0.3) is 0 Å². The van der Waals surface area contributed by atoms with Gasteiger partial charge in [-0.05, 0) is 24.0 Å². The number of fused-ring (bicyclic) bond motifs is 3. The van der Waals surface area contributed by atoms with E-state index in [-0.39, 0.29) is 23.5 Å². The quantitative estimate of drug-likeness (QED) is 0.261. The molecule has 0 saturated carbocycles. The van der Waals surface area contributed by atoms with E-state index in [2.05, 4.69) is 0 Å². The number of hydrogen-bond donors (Lipinski definition) is 0. The fourth-order valence-corrected chi connectivity index (χ4v) is 3.09. The van der Waals surface area contributed by atoms with Crippen LogP contribution in [0, 0.1) is 29.2 Å². The predicted molar refractivity (Wildman–Crippen MR) is 60.9 cm³/mol. The van der Waals surface area contributed by atoms with E-state index in [0.717, 1.165) is 0 Å². The van der Waals surface area contributed by atoms with Crippen LogP contribution in [0.4, 0.5) is 17.6 Å². The van der Waals surface area contributed by atoms with Crippen molar-refractivity contribution in [3.63, 3.8) is 0 Å². The number of esters is 1. The fourth-order valence-electron chi connectivity index (χ4n) is 3.09. The Labute approximate surface area is 112 Å². The molecule has 0 amide bonds.